The lowest BCUT2D eigenvalue weighted by atomic mass is 10.2. The average molecular weight is 335 g/mol. The molecule has 1 N–H and O–H groups in total. The second kappa shape index (κ2) is 7.41. The second-order valence-corrected chi connectivity index (χ2v) is 5.79. The third kappa shape index (κ3) is 4.62. The van der Waals surface area contributed by atoms with E-state index in [1.807, 2.05) is 30.5 Å². The molecule has 0 spiro atoms. The van der Waals surface area contributed by atoms with Gasteiger partial charge in [0.2, 0.25) is 0 Å². The number of ether oxygens (including phenoxy) is 1. The van der Waals surface area contributed by atoms with Crippen LogP contribution in [0.1, 0.15) is 25.0 Å². The van der Waals surface area contributed by atoms with Crippen molar-refractivity contribution in [1.82, 2.24) is 10.3 Å². The summed E-state index contributed by atoms with van der Waals surface area (Å²) in [7, 11) is 0. The van der Waals surface area contributed by atoms with E-state index in [9.17, 15) is 0 Å². The highest BCUT2D eigenvalue weighted by Crippen LogP contribution is 2.23. The SMILES string of the molecule is CC(C)NCc1cc(OCc2cccnc2)ccc1Br. The van der Waals surface area contributed by atoms with E-state index < -0.39 is 0 Å². The van der Waals surface area contributed by atoms with E-state index in [1.54, 1.807) is 6.20 Å². The average Bonchev–Trinajstić information content (AvgIpc) is 2.46. The smallest absolute Gasteiger partial charge is 0.120 e. The highest BCUT2D eigenvalue weighted by atomic mass is 79.9. The van der Waals surface area contributed by atoms with Crippen molar-refractivity contribution in [1.29, 1.82) is 0 Å². The van der Waals surface area contributed by atoms with Gasteiger partial charge >= 0.3 is 0 Å². The number of hydrogen-bond donors (Lipinski definition) is 1. The van der Waals surface area contributed by atoms with E-state index in [1.165, 1.54) is 5.56 Å². The number of halogens is 1. The van der Waals surface area contributed by atoms with Crippen LogP contribution in [0, 0.1) is 0 Å². The van der Waals surface area contributed by atoms with E-state index in [0.29, 0.717) is 12.6 Å². The van der Waals surface area contributed by atoms with Crippen LogP contribution in [0.3, 0.4) is 0 Å². The number of rotatable bonds is 6. The van der Waals surface area contributed by atoms with Crippen LogP contribution in [0.15, 0.2) is 47.2 Å². The van der Waals surface area contributed by atoms with Gasteiger partial charge in [0.1, 0.15) is 12.4 Å². The summed E-state index contributed by atoms with van der Waals surface area (Å²) in [5, 5.41) is 3.41. The summed E-state index contributed by atoms with van der Waals surface area (Å²) in [6, 6.07) is 10.4. The Hall–Kier alpha value is -1.39. The Balaban J connectivity index is 2.00. The van der Waals surface area contributed by atoms with Crippen LogP contribution in [-0.2, 0) is 13.2 Å². The van der Waals surface area contributed by atoms with E-state index >= 15 is 0 Å². The quantitative estimate of drug-likeness (QED) is 0.869. The zero-order valence-corrected chi connectivity index (χ0v) is 13.4. The maximum absolute atomic E-state index is 5.81. The Morgan fingerprint density at radius 2 is 2.15 bits per heavy atom. The zero-order chi connectivity index (χ0) is 14.4. The standard InChI is InChI=1S/C16H19BrN2O/c1-12(2)19-10-14-8-15(5-6-16(14)17)20-11-13-4-3-7-18-9-13/h3-9,12,19H,10-11H2,1-2H3. The number of pyridine rings is 1. The Bertz CT molecular complexity index is 543. The van der Waals surface area contributed by atoms with Crippen molar-refractivity contribution in [2.75, 3.05) is 0 Å². The van der Waals surface area contributed by atoms with Gasteiger partial charge in [-0.1, -0.05) is 35.8 Å². The minimum atomic E-state index is 0.460. The maximum atomic E-state index is 5.81. The fraction of sp³-hybridized carbons (Fsp3) is 0.312. The maximum Gasteiger partial charge on any atom is 0.120 e. The molecular formula is C16H19BrN2O. The minimum absolute atomic E-state index is 0.460. The van der Waals surface area contributed by atoms with Gasteiger partial charge in [-0.05, 0) is 29.8 Å². The lowest BCUT2D eigenvalue weighted by molar-refractivity contribution is 0.305. The van der Waals surface area contributed by atoms with Gasteiger partial charge < -0.3 is 10.1 Å². The first-order valence-corrected chi connectivity index (χ1v) is 7.48. The van der Waals surface area contributed by atoms with Crippen molar-refractivity contribution >= 4 is 15.9 Å². The van der Waals surface area contributed by atoms with Crippen LogP contribution in [0.25, 0.3) is 0 Å². The fourth-order valence-electron chi connectivity index (χ4n) is 1.74. The van der Waals surface area contributed by atoms with Crippen LogP contribution in [0.5, 0.6) is 5.75 Å². The Kier molecular flexibility index (Phi) is 5.56. The minimum Gasteiger partial charge on any atom is -0.489 e. The summed E-state index contributed by atoms with van der Waals surface area (Å²) in [5.41, 5.74) is 2.26. The van der Waals surface area contributed by atoms with Crippen molar-refractivity contribution in [3.05, 3.63) is 58.3 Å². The number of aromatic nitrogens is 1. The van der Waals surface area contributed by atoms with Crippen molar-refractivity contribution in [2.45, 2.75) is 33.0 Å². The molecule has 0 amide bonds. The predicted octanol–water partition coefficient (Wildman–Crippen LogP) is 3.92. The Morgan fingerprint density at radius 1 is 1.30 bits per heavy atom. The highest BCUT2D eigenvalue weighted by molar-refractivity contribution is 9.10. The molecule has 4 heteroatoms. The van der Waals surface area contributed by atoms with E-state index in [0.717, 1.165) is 22.3 Å². The molecule has 20 heavy (non-hydrogen) atoms. The Morgan fingerprint density at radius 3 is 2.85 bits per heavy atom. The summed E-state index contributed by atoms with van der Waals surface area (Å²) in [6.45, 7) is 5.63. The number of hydrogen-bond acceptors (Lipinski definition) is 3. The lowest BCUT2D eigenvalue weighted by Crippen LogP contribution is -2.22. The third-order valence-electron chi connectivity index (χ3n) is 2.85. The van der Waals surface area contributed by atoms with E-state index in [2.05, 4.69) is 46.1 Å². The molecule has 3 nitrogen and oxygen atoms in total. The third-order valence-corrected chi connectivity index (χ3v) is 3.62. The summed E-state index contributed by atoms with van der Waals surface area (Å²) in [6.07, 6.45) is 3.58. The molecule has 0 aliphatic rings. The number of benzene rings is 1. The van der Waals surface area contributed by atoms with Crippen LogP contribution >= 0.6 is 15.9 Å². The molecule has 1 aromatic carbocycles. The van der Waals surface area contributed by atoms with Crippen LogP contribution in [-0.4, -0.2) is 11.0 Å². The molecule has 0 fully saturated rings. The zero-order valence-electron chi connectivity index (χ0n) is 11.8. The molecule has 106 valence electrons. The van der Waals surface area contributed by atoms with Crippen molar-refractivity contribution < 1.29 is 4.74 Å². The van der Waals surface area contributed by atoms with Gasteiger partial charge in [-0.2, -0.15) is 0 Å². The van der Waals surface area contributed by atoms with Gasteiger partial charge in [-0.25, -0.2) is 0 Å². The molecule has 0 aliphatic carbocycles. The number of nitrogens with zero attached hydrogens (tertiary/aromatic N) is 1. The molecule has 1 heterocycles. The summed E-state index contributed by atoms with van der Waals surface area (Å²) < 4.78 is 6.90. The molecule has 0 unspecified atom stereocenters. The van der Waals surface area contributed by atoms with E-state index in [4.69, 9.17) is 4.74 Å². The molecule has 1 aromatic heterocycles. The molecule has 0 atom stereocenters. The second-order valence-electron chi connectivity index (χ2n) is 4.94. The van der Waals surface area contributed by atoms with Crippen LogP contribution in [0.2, 0.25) is 0 Å². The molecule has 0 saturated heterocycles. The lowest BCUT2D eigenvalue weighted by Gasteiger charge is -2.12. The Labute approximate surface area is 128 Å². The van der Waals surface area contributed by atoms with Gasteiger partial charge in [-0.15, -0.1) is 0 Å². The predicted molar refractivity (Wildman–Crippen MR) is 84.7 cm³/mol. The molecular weight excluding hydrogens is 316 g/mol. The first-order chi connectivity index (χ1) is 9.65. The summed E-state index contributed by atoms with van der Waals surface area (Å²) in [4.78, 5) is 4.08. The van der Waals surface area contributed by atoms with Crippen LogP contribution in [0.4, 0.5) is 0 Å². The molecule has 0 bridgehead atoms. The molecule has 2 aromatic rings. The van der Waals surface area contributed by atoms with Crippen molar-refractivity contribution in [3.63, 3.8) is 0 Å². The fourth-order valence-corrected chi connectivity index (χ4v) is 2.13. The molecule has 0 aliphatic heterocycles. The van der Waals surface area contributed by atoms with Gasteiger partial charge in [0.05, 0.1) is 0 Å². The molecule has 0 saturated carbocycles. The summed E-state index contributed by atoms with van der Waals surface area (Å²) >= 11 is 3.57. The largest absolute Gasteiger partial charge is 0.489 e. The van der Waals surface area contributed by atoms with Crippen molar-refractivity contribution in [3.8, 4) is 5.75 Å². The van der Waals surface area contributed by atoms with E-state index in [-0.39, 0.29) is 0 Å². The normalized spacial score (nSPS) is 10.8. The molecule has 0 radical (unpaired) electrons. The number of nitrogens with one attached hydrogen (secondary N) is 1. The van der Waals surface area contributed by atoms with Gasteiger partial charge in [-0.3, -0.25) is 4.98 Å². The van der Waals surface area contributed by atoms with Gasteiger partial charge in [0.15, 0.2) is 0 Å². The molecule has 2 rings (SSSR count). The summed E-state index contributed by atoms with van der Waals surface area (Å²) in [5.74, 6) is 0.873. The van der Waals surface area contributed by atoms with Gasteiger partial charge in [0.25, 0.3) is 0 Å². The highest BCUT2D eigenvalue weighted by Gasteiger charge is 2.04. The van der Waals surface area contributed by atoms with Gasteiger partial charge in [0, 0.05) is 35.0 Å². The topological polar surface area (TPSA) is 34.1 Å². The monoisotopic (exact) mass is 334 g/mol. The first-order valence-electron chi connectivity index (χ1n) is 6.68. The van der Waals surface area contributed by atoms with Crippen LogP contribution < -0.4 is 10.1 Å². The first kappa shape index (κ1) is 15.0. The van der Waals surface area contributed by atoms with Crippen molar-refractivity contribution in [2.24, 2.45) is 0 Å².